The molecule has 116 valence electrons. The smallest absolute Gasteiger partial charge is 0.123 e. The molecular formula is C19H23NO2. The van der Waals surface area contributed by atoms with Crippen molar-refractivity contribution in [3.8, 4) is 5.75 Å². The Kier molecular flexibility index (Phi) is 4.76. The van der Waals surface area contributed by atoms with Crippen LogP contribution < -0.4 is 4.74 Å². The molecule has 1 N–H and O–H groups in total. The van der Waals surface area contributed by atoms with Crippen LogP contribution >= 0.6 is 0 Å². The van der Waals surface area contributed by atoms with Crippen LogP contribution in [0.4, 0.5) is 0 Å². The van der Waals surface area contributed by atoms with E-state index in [1.807, 2.05) is 30.3 Å². The minimum absolute atomic E-state index is 0.0404. The molecule has 1 heterocycles. The van der Waals surface area contributed by atoms with Gasteiger partial charge in [-0.2, -0.15) is 0 Å². The van der Waals surface area contributed by atoms with E-state index in [1.165, 1.54) is 11.1 Å². The molecule has 3 nitrogen and oxygen atoms in total. The highest BCUT2D eigenvalue weighted by molar-refractivity contribution is 5.37. The Morgan fingerprint density at radius 2 is 1.86 bits per heavy atom. The minimum Gasteiger partial charge on any atom is -0.496 e. The number of aliphatic hydroxyl groups excluding tert-OH is 1. The Labute approximate surface area is 132 Å². The lowest BCUT2D eigenvalue weighted by Crippen LogP contribution is -2.31. The fourth-order valence-electron chi connectivity index (χ4n) is 3.51. The van der Waals surface area contributed by atoms with Gasteiger partial charge in [-0.05, 0) is 31.0 Å². The number of benzene rings is 2. The molecule has 0 saturated carbocycles. The van der Waals surface area contributed by atoms with Crippen molar-refractivity contribution >= 4 is 0 Å². The Balaban J connectivity index is 1.92. The summed E-state index contributed by atoms with van der Waals surface area (Å²) in [6, 6.07) is 18.8. The molecule has 1 aliphatic heterocycles. The quantitative estimate of drug-likeness (QED) is 0.916. The number of aliphatic hydroxyl groups is 1. The van der Waals surface area contributed by atoms with E-state index in [0.717, 1.165) is 25.1 Å². The maximum Gasteiger partial charge on any atom is 0.123 e. The van der Waals surface area contributed by atoms with Gasteiger partial charge in [0.15, 0.2) is 0 Å². The van der Waals surface area contributed by atoms with Crippen molar-refractivity contribution in [2.24, 2.45) is 0 Å². The number of hydrogen-bond acceptors (Lipinski definition) is 3. The second-order valence-electron chi connectivity index (χ2n) is 5.75. The van der Waals surface area contributed by atoms with Crippen LogP contribution in [0, 0.1) is 0 Å². The number of methoxy groups -OCH3 is 1. The van der Waals surface area contributed by atoms with Gasteiger partial charge in [0.25, 0.3) is 0 Å². The van der Waals surface area contributed by atoms with Gasteiger partial charge < -0.3 is 9.84 Å². The van der Waals surface area contributed by atoms with Crippen molar-refractivity contribution in [3.63, 3.8) is 0 Å². The largest absolute Gasteiger partial charge is 0.496 e. The summed E-state index contributed by atoms with van der Waals surface area (Å²) in [7, 11) is 1.72. The lowest BCUT2D eigenvalue weighted by molar-refractivity contribution is 0.111. The molecule has 3 heteroatoms. The van der Waals surface area contributed by atoms with E-state index in [0.29, 0.717) is 6.04 Å². The predicted octanol–water partition coefficient (Wildman–Crippen LogP) is 3.57. The van der Waals surface area contributed by atoms with Crippen molar-refractivity contribution in [3.05, 3.63) is 65.7 Å². The number of rotatable bonds is 5. The van der Waals surface area contributed by atoms with Crippen LogP contribution in [0.2, 0.25) is 0 Å². The molecule has 1 fully saturated rings. The van der Waals surface area contributed by atoms with E-state index in [9.17, 15) is 5.11 Å². The Morgan fingerprint density at radius 3 is 2.59 bits per heavy atom. The van der Waals surface area contributed by atoms with Gasteiger partial charge in [0, 0.05) is 11.6 Å². The first-order valence-corrected chi connectivity index (χ1v) is 7.89. The van der Waals surface area contributed by atoms with E-state index in [-0.39, 0.29) is 12.6 Å². The van der Waals surface area contributed by atoms with Gasteiger partial charge >= 0.3 is 0 Å². The minimum atomic E-state index is 0.0404. The fourth-order valence-corrected chi connectivity index (χ4v) is 3.51. The van der Waals surface area contributed by atoms with Gasteiger partial charge in [0.05, 0.1) is 19.8 Å². The summed E-state index contributed by atoms with van der Waals surface area (Å²) >= 11 is 0. The summed E-state index contributed by atoms with van der Waals surface area (Å²) in [6.07, 6.45) is 2.25. The van der Waals surface area contributed by atoms with E-state index in [1.54, 1.807) is 7.11 Å². The first-order valence-electron chi connectivity index (χ1n) is 7.89. The van der Waals surface area contributed by atoms with Crippen LogP contribution in [0.3, 0.4) is 0 Å². The third-order valence-corrected chi connectivity index (χ3v) is 4.55. The Bertz CT molecular complexity index is 599. The summed E-state index contributed by atoms with van der Waals surface area (Å²) < 4.78 is 5.54. The van der Waals surface area contributed by atoms with Crippen LogP contribution in [0.25, 0.3) is 0 Å². The molecule has 2 atom stereocenters. The average Bonchev–Trinajstić information content (AvgIpc) is 3.06. The molecule has 0 aliphatic carbocycles. The van der Waals surface area contributed by atoms with E-state index in [2.05, 4.69) is 29.2 Å². The highest BCUT2D eigenvalue weighted by atomic mass is 16.5. The Hall–Kier alpha value is -1.84. The van der Waals surface area contributed by atoms with E-state index in [4.69, 9.17) is 4.74 Å². The molecule has 0 spiro atoms. The number of para-hydroxylation sites is 1. The Morgan fingerprint density at radius 1 is 1.14 bits per heavy atom. The van der Waals surface area contributed by atoms with Crippen molar-refractivity contribution in [2.45, 2.75) is 24.9 Å². The third-order valence-electron chi connectivity index (χ3n) is 4.55. The average molecular weight is 297 g/mol. The molecule has 2 aromatic rings. The number of ether oxygens (including phenoxy) is 1. The first kappa shape index (κ1) is 15.1. The zero-order valence-electron chi connectivity index (χ0n) is 13.0. The van der Waals surface area contributed by atoms with Gasteiger partial charge in [-0.3, -0.25) is 4.90 Å². The SMILES string of the molecule is COc1ccccc1[C@@H]1CCCN1[C@@H](CO)c1ccccc1. The maximum atomic E-state index is 9.96. The molecule has 0 unspecified atom stereocenters. The molecule has 22 heavy (non-hydrogen) atoms. The molecule has 3 rings (SSSR count). The predicted molar refractivity (Wildman–Crippen MR) is 87.9 cm³/mol. The molecule has 0 amide bonds. The van der Waals surface area contributed by atoms with Crippen molar-refractivity contribution in [1.29, 1.82) is 0 Å². The summed E-state index contributed by atoms with van der Waals surface area (Å²) in [5.74, 6) is 0.934. The summed E-state index contributed by atoms with van der Waals surface area (Å²) in [5, 5.41) is 9.96. The lowest BCUT2D eigenvalue weighted by Gasteiger charge is -2.33. The molecule has 0 bridgehead atoms. The van der Waals surface area contributed by atoms with Gasteiger partial charge in [0.2, 0.25) is 0 Å². The van der Waals surface area contributed by atoms with Gasteiger partial charge in [-0.1, -0.05) is 48.5 Å². The van der Waals surface area contributed by atoms with Crippen LogP contribution in [-0.2, 0) is 0 Å². The zero-order chi connectivity index (χ0) is 15.4. The molecule has 0 radical (unpaired) electrons. The molecule has 0 aromatic heterocycles. The monoisotopic (exact) mass is 297 g/mol. The van der Waals surface area contributed by atoms with Crippen molar-refractivity contribution in [1.82, 2.24) is 4.90 Å². The van der Waals surface area contributed by atoms with E-state index < -0.39 is 0 Å². The second-order valence-corrected chi connectivity index (χ2v) is 5.75. The van der Waals surface area contributed by atoms with Crippen LogP contribution in [0.1, 0.15) is 36.1 Å². The van der Waals surface area contributed by atoms with Gasteiger partial charge in [-0.15, -0.1) is 0 Å². The third kappa shape index (κ3) is 2.87. The fraction of sp³-hybridized carbons (Fsp3) is 0.368. The molecule has 1 aliphatic rings. The van der Waals surface area contributed by atoms with Gasteiger partial charge in [-0.25, -0.2) is 0 Å². The maximum absolute atomic E-state index is 9.96. The summed E-state index contributed by atoms with van der Waals surface area (Å²) in [5.41, 5.74) is 2.39. The molecular weight excluding hydrogens is 274 g/mol. The van der Waals surface area contributed by atoms with Crippen LogP contribution in [-0.4, -0.2) is 30.3 Å². The number of hydrogen-bond donors (Lipinski definition) is 1. The standard InChI is InChI=1S/C19H23NO2/c1-22-19-12-6-5-10-16(19)17-11-7-13-20(17)18(14-21)15-8-3-2-4-9-15/h2-6,8-10,12,17-18,21H,7,11,13-14H2,1H3/t17-,18-/m0/s1. The van der Waals surface area contributed by atoms with Crippen molar-refractivity contribution in [2.75, 3.05) is 20.3 Å². The lowest BCUT2D eigenvalue weighted by atomic mass is 10.00. The van der Waals surface area contributed by atoms with Gasteiger partial charge in [0.1, 0.15) is 5.75 Å². The highest BCUT2D eigenvalue weighted by Crippen LogP contribution is 2.41. The zero-order valence-corrected chi connectivity index (χ0v) is 13.0. The second kappa shape index (κ2) is 6.95. The number of likely N-dealkylation sites (tertiary alicyclic amines) is 1. The topological polar surface area (TPSA) is 32.7 Å². The van der Waals surface area contributed by atoms with Crippen LogP contribution in [0.5, 0.6) is 5.75 Å². The highest BCUT2D eigenvalue weighted by Gasteiger charge is 2.33. The summed E-state index contributed by atoms with van der Waals surface area (Å²) in [6.45, 7) is 1.14. The van der Waals surface area contributed by atoms with Crippen LogP contribution in [0.15, 0.2) is 54.6 Å². The molecule has 2 aromatic carbocycles. The first-order chi connectivity index (χ1) is 10.8. The summed E-state index contributed by atoms with van der Waals surface area (Å²) in [4.78, 5) is 2.41. The van der Waals surface area contributed by atoms with Crippen molar-refractivity contribution < 1.29 is 9.84 Å². The van der Waals surface area contributed by atoms with E-state index >= 15 is 0 Å². The molecule has 1 saturated heterocycles. The normalized spacial score (nSPS) is 20.0. The number of nitrogens with zero attached hydrogens (tertiary/aromatic N) is 1.